The molecule has 0 aromatic heterocycles. The third-order valence-electron chi connectivity index (χ3n) is 2.48. The molecular weight excluding hydrogens is 220 g/mol. The van der Waals surface area contributed by atoms with Crippen LogP contribution in [0.5, 0.6) is 0 Å². The summed E-state index contributed by atoms with van der Waals surface area (Å²) in [6.45, 7) is 6.07. The first-order valence-electron chi connectivity index (χ1n) is 5.41. The Hall–Kier alpha value is -0.800. The van der Waals surface area contributed by atoms with Crippen molar-refractivity contribution in [2.75, 3.05) is 6.61 Å². The maximum absolute atomic E-state index is 12.0. The van der Waals surface area contributed by atoms with Crippen LogP contribution in [0.15, 0.2) is 29.2 Å². The second-order valence-corrected chi connectivity index (χ2v) is 4.73. The maximum atomic E-state index is 12.0. The molecule has 1 rings (SSSR count). The van der Waals surface area contributed by atoms with Crippen molar-refractivity contribution in [3.8, 4) is 0 Å². The molecule has 16 heavy (non-hydrogen) atoms. The summed E-state index contributed by atoms with van der Waals surface area (Å²) in [4.78, 5) is 12.9. The summed E-state index contributed by atoms with van der Waals surface area (Å²) in [6, 6.07) is 7.61. The van der Waals surface area contributed by atoms with Gasteiger partial charge in [0.2, 0.25) is 0 Å². The first-order valence-corrected chi connectivity index (χ1v) is 5.85. The molecule has 0 amide bonds. The van der Waals surface area contributed by atoms with Crippen LogP contribution >= 0.6 is 12.6 Å². The predicted molar refractivity (Wildman–Crippen MR) is 68.1 cm³/mol. The van der Waals surface area contributed by atoms with Crippen molar-refractivity contribution in [3.05, 3.63) is 29.8 Å². The predicted octanol–water partition coefficient (Wildman–Crippen LogP) is 2.90. The van der Waals surface area contributed by atoms with Crippen LogP contribution in [-0.4, -0.2) is 18.0 Å². The van der Waals surface area contributed by atoms with Crippen LogP contribution in [0.2, 0.25) is 0 Å². The highest BCUT2D eigenvalue weighted by molar-refractivity contribution is 7.80. The SMILES string of the molecule is CCOC(C)(C)C(=O)Cc1ccc(S)cc1. The highest BCUT2D eigenvalue weighted by Crippen LogP contribution is 2.15. The minimum absolute atomic E-state index is 0.0984. The van der Waals surface area contributed by atoms with E-state index in [0.29, 0.717) is 13.0 Å². The van der Waals surface area contributed by atoms with Gasteiger partial charge in [0.25, 0.3) is 0 Å². The summed E-state index contributed by atoms with van der Waals surface area (Å²) in [5, 5.41) is 0. The van der Waals surface area contributed by atoms with E-state index < -0.39 is 5.60 Å². The van der Waals surface area contributed by atoms with E-state index in [4.69, 9.17) is 4.74 Å². The Morgan fingerprint density at radius 1 is 1.31 bits per heavy atom. The van der Waals surface area contributed by atoms with Crippen LogP contribution in [-0.2, 0) is 16.0 Å². The topological polar surface area (TPSA) is 26.3 Å². The molecule has 2 nitrogen and oxygen atoms in total. The normalized spacial score (nSPS) is 11.5. The summed E-state index contributed by atoms with van der Waals surface area (Å²) in [5.74, 6) is 0.0984. The van der Waals surface area contributed by atoms with E-state index in [1.165, 1.54) is 0 Å². The molecule has 88 valence electrons. The molecule has 0 radical (unpaired) electrons. The first kappa shape index (κ1) is 13.3. The van der Waals surface area contributed by atoms with Crippen LogP contribution in [0.4, 0.5) is 0 Å². The Morgan fingerprint density at radius 2 is 1.88 bits per heavy atom. The number of ketones is 1. The zero-order chi connectivity index (χ0) is 12.2. The average Bonchev–Trinajstić information content (AvgIpc) is 2.21. The molecule has 0 fully saturated rings. The molecule has 0 saturated carbocycles. The molecule has 1 aromatic carbocycles. The van der Waals surface area contributed by atoms with E-state index in [-0.39, 0.29) is 5.78 Å². The molecule has 0 aliphatic rings. The van der Waals surface area contributed by atoms with Gasteiger partial charge in [0.1, 0.15) is 5.60 Å². The van der Waals surface area contributed by atoms with Crippen molar-refractivity contribution >= 4 is 18.4 Å². The van der Waals surface area contributed by atoms with Crippen molar-refractivity contribution in [3.63, 3.8) is 0 Å². The van der Waals surface area contributed by atoms with Crippen LogP contribution in [0.25, 0.3) is 0 Å². The summed E-state index contributed by atoms with van der Waals surface area (Å²) in [7, 11) is 0. The number of carbonyl (C=O) groups excluding carboxylic acids is 1. The van der Waals surface area contributed by atoms with Gasteiger partial charge < -0.3 is 4.74 Å². The molecular formula is C13H18O2S. The van der Waals surface area contributed by atoms with E-state index in [1.54, 1.807) is 0 Å². The van der Waals surface area contributed by atoms with Crippen molar-refractivity contribution in [2.24, 2.45) is 0 Å². The highest BCUT2D eigenvalue weighted by atomic mass is 32.1. The minimum Gasteiger partial charge on any atom is -0.368 e. The number of rotatable bonds is 5. The number of hydrogen-bond donors (Lipinski definition) is 1. The fourth-order valence-electron chi connectivity index (χ4n) is 1.45. The summed E-state index contributed by atoms with van der Waals surface area (Å²) >= 11 is 4.20. The van der Waals surface area contributed by atoms with Crippen molar-refractivity contribution in [1.29, 1.82) is 0 Å². The van der Waals surface area contributed by atoms with Crippen molar-refractivity contribution in [1.82, 2.24) is 0 Å². The molecule has 0 unspecified atom stereocenters. The third kappa shape index (κ3) is 3.65. The Labute approximate surface area is 102 Å². The summed E-state index contributed by atoms with van der Waals surface area (Å²) in [6.07, 6.45) is 0.404. The Kier molecular flexibility index (Phi) is 4.56. The third-order valence-corrected chi connectivity index (χ3v) is 2.78. The zero-order valence-corrected chi connectivity index (χ0v) is 10.9. The molecule has 0 saturated heterocycles. The summed E-state index contributed by atoms with van der Waals surface area (Å²) < 4.78 is 5.42. The van der Waals surface area contributed by atoms with Gasteiger partial charge in [0, 0.05) is 17.9 Å². The molecule has 0 N–H and O–H groups in total. The van der Waals surface area contributed by atoms with Gasteiger partial charge >= 0.3 is 0 Å². The Balaban J connectivity index is 2.67. The smallest absolute Gasteiger partial charge is 0.168 e. The number of carbonyl (C=O) groups is 1. The molecule has 3 heteroatoms. The number of Topliss-reactive ketones (excluding diaryl/α,β-unsaturated/α-hetero) is 1. The molecule has 0 spiro atoms. The van der Waals surface area contributed by atoms with Gasteiger partial charge in [0.15, 0.2) is 5.78 Å². The summed E-state index contributed by atoms with van der Waals surface area (Å²) in [5.41, 5.74) is 0.296. The number of hydrogen-bond acceptors (Lipinski definition) is 3. The van der Waals surface area contributed by atoms with Crippen LogP contribution < -0.4 is 0 Å². The van der Waals surface area contributed by atoms with E-state index in [9.17, 15) is 4.79 Å². The molecule has 0 aliphatic carbocycles. The van der Waals surface area contributed by atoms with Gasteiger partial charge in [-0.2, -0.15) is 0 Å². The van der Waals surface area contributed by atoms with E-state index in [1.807, 2.05) is 45.0 Å². The van der Waals surface area contributed by atoms with E-state index in [2.05, 4.69) is 12.6 Å². The standard InChI is InChI=1S/C13H18O2S/c1-4-15-13(2,3)12(14)9-10-5-7-11(16)8-6-10/h5-8,16H,4,9H2,1-3H3. The largest absolute Gasteiger partial charge is 0.368 e. The zero-order valence-electron chi connectivity index (χ0n) is 9.99. The van der Waals surface area contributed by atoms with Crippen molar-refractivity contribution < 1.29 is 9.53 Å². The average molecular weight is 238 g/mol. The van der Waals surface area contributed by atoms with Crippen molar-refractivity contribution in [2.45, 2.75) is 37.7 Å². The molecule has 0 bridgehead atoms. The lowest BCUT2D eigenvalue weighted by atomic mass is 9.97. The lowest BCUT2D eigenvalue weighted by Crippen LogP contribution is -2.36. The quantitative estimate of drug-likeness (QED) is 0.798. The number of thiol groups is 1. The lowest BCUT2D eigenvalue weighted by Gasteiger charge is -2.22. The van der Waals surface area contributed by atoms with Gasteiger partial charge in [-0.15, -0.1) is 12.6 Å². The van der Waals surface area contributed by atoms with Crippen LogP contribution in [0, 0.1) is 0 Å². The molecule has 0 heterocycles. The van der Waals surface area contributed by atoms with Gasteiger partial charge in [-0.25, -0.2) is 0 Å². The van der Waals surface area contributed by atoms with Gasteiger partial charge in [-0.1, -0.05) is 12.1 Å². The molecule has 0 aliphatic heterocycles. The minimum atomic E-state index is -0.700. The number of ether oxygens (including phenoxy) is 1. The number of benzene rings is 1. The molecule has 0 atom stereocenters. The van der Waals surface area contributed by atoms with Gasteiger partial charge in [-0.05, 0) is 38.5 Å². The fourth-order valence-corrected chi connectivity index (χ4v) is 1.60. The highest BCUT2D eigenvalue weighted by Gasteiger charge is 2.27. The van der Waals surface area contributed by atoms with Crippen LogP contribution in [0.1, 0.15) is 26.3 Å². The monoisotopic (exact) mass is 238 g/mol. The van der Waals surface area contributed by atoms with E-state index >= 15 is 0 Å². The van der Waals surface area contributed by atoms with Gasteiger partial charge in [0.05, 0.1) is 0 Å². The maximum Gasteiger partial charge on any atom is 0.168 e. The Bertz CT molecular complexity index is 355. The first-order chi connectivity index (χ1) is 7.45. The second-order valence-electron chi connectivity index (χ2n) is 4.21. The Morgan fingerprint density at radius 3 is 2.38 bits per heavy atom. The van der Waals surface area contributed by atoms with Gasteiger partial charge in [-0.3, -0.25) is 4.79 Å². The fraction of sp³-hybridized carbons (Fsp3) is 0.462. The second kappa shape index (κ2) is 5.51. The molecule has 1 aromatic rings. The lowest BCUT2D eigenvalue weighted by molar-refractivity contribution is -0.139. The van der Waals surface area contributed by atoms with E-state index in [0.717, 1.165) is 10.5 Å². The van der Waals surface area contributed by atoms with Crippen LogP contribution in [0.3, 0.4) is 0 Å².